The summed E-state index contributed by atoms with van der Waals surface area (Å²) in [5.41, 5.74) is 0. The van der Waals surface area contributed by atoms with Gasteiger partial charge in [0.2, 0.25) is 0 Å². The molecule has 6 N–H and O–H groups in total. The highest BCUT2D eigenvalue weighted by Crippen LogP contribution is 2.66. The molecule has 21 heteroatoms. The Hall–Kier alpha value is -0.290. The maximum atomic E-state index is 14.3. The van der Waals surface area contributed by atoms with E-state index in [1.807, 2.05) is 0 Å². The lowest BCUT2D eigenvalue weighted by molar-refractivity contribution is -0.0525. The van der Waals surface area contributed by atoms with E-state index in [1.54, 1.807) is 0 Å². The van der Waals surface area contributed by atoms with Crippen molar-refractivity contribution in [1.82, 2.24) is 9.55 Å². The second-order valence-corrected chi connectivity index (χ2v) is 10.7. The molecule has 172 valence electrons. The summed E-state index contributed by atoms with van der Waals surface area (Å²) in [5.74, 6) is -0.971. The highest BCUT2D eigenvalue weighted by molar-refractivity contribution is 7.72. The van der Waals surface area contributed by atoms with Gasteiger partial charge in [0, 0.05) is 6.20 Å². The molecule has 1 aliphatic heterocycles. The number of hydrogen-bond acceptors (Lipinski definition) is 10. The van der Waals surface area contributed by atoms with Crippen molar-refractivity contribution in [3.8, 4) is 0 Å². The number of aliphatic hydroxyl groups is 1. The summed E-state index contributed by atoms with van der Waals surface area (Å²) in [7, 11) is -16.9. The van der Waals surface area contributed by atoms with Crippen molar-refractivity contribution in [2.24, 2.45) is 0 Å². The van der Waals surface area contributed by atoms with Crippen LogP contribution in [-0.4, -0.2) is 59.2 Å². The molecule has 2 heterocycles. The summed E-state index contributed by atoms with van der Waals surface area (Å²) >= 11 is 9.51. The Bertz CT molecular complexity index is 1060. The number of ether oxygens (including phenoxy) is 1. The van der Waals surface area contributed by atoms with E-state index in [0.717, 1.165) is 10.8 Å². The molecule has 1 fully saturated rings. The van der Waals surface area contributed by atoms with Crippen LogP contribution in [0.25, 0.3) is 0 Å². The van der Waals surface area contributed by atoms with E-state index in [9.17, 15) is 32.5 Å². The third-order valence-corrected chi connectivity index (χ3v) is 7.72. The first kappa shape index (κ1) is 26.0. The zero-order valence-corrected chi connectivity index (χ0v) is 18.4. The quantitative estimate of drug-likeness (QED) is 0.205. The van der Waals surface area contributed by atoms with Crippen molar-refractivity contribution in [3.05, 3.63) is 21.4 Å². The SMILES string of the molecule is O=P(O)(O)OP(=O)(O)OP(=O)(O)OC[C@H]1O[C@@H](n2cc(F)c(=S)[nH]c2=S)[C@@H](O)C1F. The Morgan fingerprint density at radius 1 is 1.17 bits per heavy atom. The maximum absolute atomic E-state index is 14.3. The van der Waals surface area contributed by atoms with Crippen LogP contribution in [0.5, 0.6) is 0 Å². The van der Waals surface area contributed by atoms with Crippen molar-refractivity contribution in [1.29, 1.82) is 0 Å². The molecule has 1 saturated heterocycles. The number of alkyl halides is 1. The van der Waals surface area contributed by atoms with Gasteiger partial charge in [0.15, 0.2) is 23.0 Å². The van der Waals surface area contributed by atoms with Crippen LogP contribution >= 0.6 is 47.9 Å². The number of hydrogen-bond donors (Lipinski definition) is 6. The Labute approximate surface area is 175 Å². The van der Waals surface area contributed by atoms with Crippen LogP contribution < -0.4 is 0 Å². The van der Waals surface area contributed by atoms with E-state index in [1.165, 1.54) is 0 Å². The second-order valence-electron chi connectivity index (χ2n) is 5.53. The highest BCUT2D eigenvalue weighted by atomic mass is 32.1. The first-order valence-corrected chi connectivity index (χ1v) is 12.6. The molecule has 3 unspecified atom stereocenters. The van der Waals surface area contributed by atoms with Crippen molar-refractivity contribution in [2.45, 2.75) is 24.6 Å². The summed E-state index contributed by atoms with van der Waals surface area (Å²) in [6.45, 7) is -1.16. The standard InChI is InChI=1S/C9H13F2N2O12P3S2/c10-3-1-13(9(30)12-7(3)29)8-6(14)5(11)4(23-8)2-22-27(18,19)25-28(20,21)24-26(15,16)17/h1,4-6,8,14H,2H2,(H,18,19)(H,20,21)(H,12,29,30)(H2,15,16,17)/t4-,5?,6+,8-/m1/s1. The molecule has 2 rings (SSSR count). The van der Waals surface area contributed by atoms with Crippen molar-refractivity contribution < 1.29 is 65.0 Å². The van der Waals surface area contributed by atoms with E-state index >= 15 is 0 Å². The molecule has 0 spiro atoms. The Morgan fingerprint density at radius 3 is 2.33 bits per heavy atom. The Balaban J connectivity index is 2.09. The number of aromatic amines is 1. The normalized spacial score (nSPS) is 28.8. The van der Waals surface area contributed by atoms with Gasteiger partial charge in [-0.15, -0.1) is 0 Å². The van der Waals surface area contributed by atoms with Gasteiger partial charge in [0.25, 0.3) is 0 Å². The number of phosphoric ester groups is 1. The summed E-state index contributed by atoms with van der Waals surface area (Å²) < 4.78 is 77.9. The predicted octanol–water partition coefficient (Wildman–Crippen LogP) is 1.35. The lowest BCUT2D eigenvalue weighted by atomic mass is 10.1. The van der Waals surface area contributed by atoms with Gasteiger partial charge in [0.05, 0.1) is 6.61 Å². The number of phosphoric acid groups is 3. The molecule has 1 aromatic rings. The van der Waals surface area contributed by atoms with E-state index in [2.05, 4.69) is 30.3 Å². The number of aliphatic hydroxyl groups excluding tert-OH is 1. The fourth-order valence-electron chi connectivity index (χ4n) is 2.19. The maximum Gasteiger partial charge on any atom is 0.490 e. The van der Waals surface area contributed by atoms with Crippen molar-refractivity contribution in [3.63, 3.8) is 0 Å². The topological polar surface area (TPSA) is 210 Å². The molecular formula is C9H13F2N2O12P3S2. The minimum atomic E-state index is -5.76. The van der Waals surface area contributed by atoms with Gasteiger partial charge in [-0.3, -0.25) is 9.09 Å². The molecule has 1 aromatic heterocycles. The number of halogens is 2. The highest BCUT2D eigenvalue weighted by Gasteiger charge is 2.47. The zero-order chi connectivity index (χ0) is 23.1. The molecule has 30 heavy (non-hydrogen) atoms. The molecule has 0 radical (unpaired) electrons. The van der Waals surface area contributed by atoms with Crippen LogP contribution in [0, 0.1) is 15.2 Å². The van der Waals surface area contributed by atoms with E-state index in [0.29, 0.717) is 0 Å². The lowest BCUT2D eigenvalue weighted by Gasteiger charge is -2.19. The van der Waals surface area contributed by atoms with Crippen molar-refractivity contribution >= 4 is 47.9 Å². The van der Waals surface area contributed by atoms with E-state index < -0.39 is 60.5 Å². The van der Waals surface area contributed by atoms with Gasteiger partial charge in [-0.25, -0.2) is 22.5 Å². The molecule has 0 amide bonds. The largest absolute Gasteiger partial charge is 0.490 e. The summed E-state index contributed by atoms with van der Waals surface area (Å²) in [6, 6.07) is 0. The number of nitrogens with zero attached hydrogens (tertiary/aromatic N) is 1. The van der Waals surface area contributed by atoms with E-state index in [-0.39, 0.29) is 9.41 Å². The van der Waals surface area contributed by atoms with Crippen LogP contribution in [0.15, 0.2) is 6.20 Å². The number of H-pyrrole nitrogens is 1. The fourth-order valence-corrected chi connectivity index (χ4v) is 5.70. The average Bonchev–Trinajstić information content (AvgIpc) is 2.81. The van der Waals surface area contributed by atoms with Crippen LogP contribution in [0.4, 0.5) is 8.78 Å². The molecule has 0 aromatic carbocycles. The van der Waals surface area contributed by atoms with Crippen LogP contribution in [-0.2, 0) is 31.6 Å². The second kappa shape index (κ2) is 9.29. The summed E-state index contributed by atoms with van der Waals surface area (Å²) in [6.07, 6.45) is -6.87. The number of aromatic nitrogens is 2. The van der Waals surface area contributed by atoms with Gasteiger partial charge in [-0.1, -0.05) is 12.2 Å². The molecular weight excluding hydrogens is 523 g/mol. The Kier molecular flexibility index (Phi) is 8.04. The third kappa shape index (κ3) is 6.85. The van der Waals surface area contributed by atoms with Crippen LogP contribution in [0.3, 0.4) is 0 Å². The molecule has 0 aliphatic carbocycles. The first-order chi connectivity index (χ1) is 13.5. The zero-order valence-electron chi connectivity index (χ0n) is 14.0. The van der Waals surface area contributed by atoms with Gasteiger partial charge >= 0.3 is 23.5 Å². The number of nitrogens with one attached hydrogen (secondary N) is 1. The van der Waals surface area contributed by atoms with Gasteiger partial charge in [0.1, 0.15) is 16.8 Å². The molecule has 0 bridgehead atoms. The van der Waals surface area contributed by atoms with Crippen LogP contribution in [0.1, 0.15) is 6.23 Å². The van der Waals surface area contributed by atoms with Crippen molar-refractivity contribution in [2.75, 3.05) is 6.61 Å². The average molecular weight is 536 g/mol. The van der Waals surface area contributed by atoms with Gasteiger partial charge < -0.3 is 34.4 Å². The van der Waals surface area contributed by atoms with Gasteiger partial charge in [-0.2, -0.15) is 8.62 Å². The lowest BCUT2D eigenvalue weighted by Crippen LogP contribution is -2.30. The third-order valence-electron chi connectivity index (χ3n) is 3.30. The smallest absolute Gasteiger partial charge is 0.385 e. The Morgan fingerprint density at radius 2 is 1.77 bits per heavy atom. The minimum Gasteiger partial charge on any atom is -0.385 e. The number of rotatable bonds is 8. The molecule has 1 aliphatic rings. The molecule has 0 saturated carbocycles. The monoisotopic (exact) mass is 536 g/mol. The molecule has 6 atom stereocenters. The minimum absolute atomic E-state index is 0.244. The first-order valence-electron chi connectivity index (χ1n) is 7.28. The summed E-state index contributed by atoms with van der Waals surface area (Å²) in [4.78, 5) is 37.5. The fraction of sp³-hybridized carbons (Fsp3) is 0.556. The van der Waals surface area contributed by atoms with Crippen LogP contribution in [0.2, 0.25) is 0 Å². The summed E-state index contributed by atoms with van der Waals surface area (Å²) in [5, 5.41) is 9.97. The van der Waals surface area contributed by atoms with Gasteiger partial charge in [-0.05, 0) is 12.2 Å². The van der Waals surface area contributed by atoms with E-state index in [4.69, 9.17) is 31.6 Å². The predicted molar refractivity (Wildman–Crippen MR) is 95.0 cm³/mol. The molecule has 14 nitrogen and oxygen atoms in total.